The first-order valence-corrected chi connectivity index (χ1v) is 12.5. The van der Waals surface area contributed by atoms with Crippen LogP contribution in [0.4, 0.5) is 5.69 Å². The maximum absolute atomic E-state index is 13.4. The highest BCUT2D eigenvalue weighted by molar-refractivity contribution is 7.92. The minimum Gasteiger partial charge on any atom is -0.494 e. The predicted molar refractivity (Wildman–Crippen MR) is 129 cm³/mol. The average molecular weight is 465 g/mol. The van der Waals surface area contributed by atoms with Gasteiger partial charge >= 0.3 is 0 Å². The lowest BCUT2D eigenvalue weighted by atomic mass is 10.0. The van der Waals surface area contributed by atoms with Crippen LogP contribution in [-0.4, -0.2) is 46.0 Å². The number of para-hydroxylation sites is 2. The number of benzene rings is 3. The van der Waals surface area contributed by atoms with Gasteiger partial charge in [0.25, 0.3) is 15.9 Å². The second kappa shape index (κ2) is 10.1. The molecular formula is C26H28N2O4S. The summed E-state index contributed by atoms with van der Waals surface area (Å²) in [4.78, 5) is 14.7. The van der Waals surface area contributed by atoms with Crippen LogP contribution in [0.2, 0.25) is 0 Å². The Hall–Kier alpha value is -3.32. The van der Waals surface area contributed by atoms with E-state index in [9.17, 15) is 13.2 Å². The van der Waals surface area contributed by atoms with Crippen LogP contribution in [0.5, 0.6) is 5.75 Å². The lowest BCUT2D eigenvalue weighted by Gasteiger charge is -2.30. The van der Waals surface area contributed by atoms with E-state index >= 15 is 0 Å². The number of sulfonamides is 1. The minimum absolute atomic E-state index is 0.130. The number of aryl methyl sites for hydroxylation is 1. The Morgan fingerprint density at radius 3 is 2.58 bits per heavy atom. The highest BCUT2D eigenvalue weighted by Crippen LogP contribution is 2.32. The van der Waals surface area contributed by atoms with Crippen LogP contribution in [0.25, 0.3) is 0 Å². The number of nitrogens with zero attached hydrogens (tertiary/aromatic N) is 2. The van der Waals surface area contributed by atoms with Gasteiger partial charge in [0.1, 0.15) is 5.75 Å². The third kappa shape index (κ3) is 5.20. The molecule has 33 heavy (non-hydrogen) atoms. The molecule has 3 aromatic rings. The lowest BCUT2D eigenvalue weighted by Crippen LogP contribution is -2.35. The first kappa shape index (κ1) is 22.9. The van der Waals surface area contributed by atoms with Gasteiger partial charge in [-0.1, -0.05) is 42.5 Å². The highest BCUT2D eigenvalue weighted by Gasteiger charge is 2.29. The molecule has 0 radical (unpaired) electrons. The monoisotopic (exact) mass is 464 g/mol. The van der Waals surface area contributed by atoms with Gasteiger partial charge in [-0.25, -0.2) is 8.42 Å². The van der Waals surface area contributed by atoms with Gasteiger partial charge in [-0.05, 0) is 61.2 Å². The zero-order valence-corrected chi connectivity index (χ0v) is 19.5. The largest absolute Gasteiger partial charge is 0.494 e. The molecule has 0 fully saturated rings. The van der Waals surface area contributed by atoms with E-state index in [0.717, 1.165) is 29.8 Å². The minimum atomic E-state index is -3.77. The Morgan fingerprint density at radius 1 is 1.00 bits per heavy atom. The summed E-state index contributed by atoms with van der Waals surface area (Å²) in [6.45, 7) is 1.42. The van der Waals surface area contributed by atoms with Crippen molar-refractivity contribution in [1.82, 2.24) is 4.90 Å². The number of rotatable bonds is 8. The van der Waals surface area contributed by atoms with Crippen molar-refractivity contribution >= 4 is 21.6 Å². The summed E-state index contributed by atoms with van der Waals surface area (Å²) < 4.78 is 34.0. The Balaban J connectivity index is 1.43. The quantitative estimate of drug-likeness (QED) is 0.465. The zero-order valence-electron chi connectivity index (χ0n) is 18.7. The molecule has 3 aromatic carbocycles. The number of hydrogen-bond donors (Lipinski definition) is 0. The van der Waals surface area contributed by atoms with Crippen LogP contribution in [0, 0.1) is 0 Å². The molecule has 7 heteroatoms. The van der Waals surface area contributed by atoms with E-state index in [4.69, 9.17) is 4.74 Å². The Bertz CT molecular complexity index is 1210. The van der Waals surface area contributed by atoms with E-state index in [2.05, 4.69) is 0 Å². The van der Waals surface area contributed by atoms with E-state index in [1.165, 1.54) is 10.4 Å². The van der Waals surface area contributed by atoms with Gasteiger partial charge in [0.2, 0.25) is 0 Å². The topological polar surface area (TPSA) is 66.9 Å². The van der Waals surface area contributed by atoms with Gasteiger partial charge in [-0.3, -0.25) is 9.10 Å². The Morgan fingerprint density at radius 2 is 1.76 bits per heavy atom. The molecule has 0 saturated heterocycles. The van der Waals surface area contributed by atoms with E-state index in [0.29, 0.717) is 31.7 Å². The van der Waals surface area contributed by atoms with Crippen LogP contribution in [0.1, 0.15) is 28.8 Å². The molecule has 1 heterocycles. The lowest BCUT2D eigenvalue weighted by molar-refractivity contribution is 0.0787. The summed E-state index contributed by atoms with van der Waals surface area (Å²) in [5.74, 6) is 0.578. The van der Waals surface area contributed by atoms with Gasteiger partial charge in [0, 0.05) is 25.7 Å². The first-order chi connectivity index (χ1) is 16.0. The maximum Gasteiger partial charge on any atom is 0.264 e. The van der Waals surface area contributed by atoms with Crippen molar-refractivity contribution in [3.8, 4) is 5.75 Å². The van der Waals surface area contributed by atoms with Crippen LogP contribution in [0.3, 0.4) is 0 Å². The van der Waals surface area contributed by atoms with Gasteiger partial charge in [0.05, 0.1) is 17.2 Å². The Labute approximate surface area is 195 Å². The summed E-state index contributed by atoms with van der Waals surface area (Å²) in [5, 5.41) is 0. The molecule has 0 bridgehead atoms. The molecule has 1 aliphatic heterocycles. The van der Waals surface area contributed by atoms with Crippen molar-refractivity contribution in [2.24, 2.45) is 0 Å². The molecular weight excluding hydrogens is 436 g/mol. The first-order valence-electron chi connectivity index (χ1n) is 11.1. The molecule has 0 unspecified atom stereocenters. The third-order valence-electron chi connectivity index (χ3n) is 5.73. The summed E-state index contributed by atoms with van der Waals surface area (Å²) in [7, 11) is -2.05. The second-order valence-electron chi connectivity index (χ2n) is 8.08. The van der Waals surface area contributed by atoms with E-state index in [1.807, 2.05) is 54.6 Å². The number of anilines is 1. The normalized spacial score (nSPS) is 13.3. The van der Waals surface area contributed by atoms with Crippen LogP contribution < -0.4 is 9.04 Å². The van der Waals surface area contributed by atoms with Gasteiger partial charge in [-0.15, -0.1) is 0 Å². The van der Waals surface area contributed by atoms with E-state index in [1.54, 1.807) is 30.1 Å². The van der Waals surface area contributed by atoms with E-state index in [-0.39, 0.29) is 10.8 Å². The molecule has 0 saturated carbocycles. The van der Waals surface area contributed by atoms with Crippen LogP contribution in [-0.2, 0) is 16.4 Å². The number of fused-ring (bicyclic) bond motifs is 1. The summed E-state index contributed by atoms with van der Waals surface area (Å²) in [5.41, 5.74) is 2.10. The number of ether oxygens (including phenoxy) is 1. The summed E-state index contributed by atoms with van der Waals surface area (Å²) in [6, 6.07) is 23.4. The van der Waals surface area contributed by atoms with Crippen LogP contribution in [0.15, 0.2) is 83.8 Å². The van der Waals surface area contributed by atoms with Gasteiger partial charge in [0.15, 0.2) is 0 Å². The molecule has 1 aliphatic rings. The molecule has 6 nitrogen and oxygen atoms in total. The van der Waals surface area contributed by atoms with Crippen molar-refractivity contribution < 1.29 is 17.9 Å². The fourth-order valence-corrected chi connectivity index (χ4v) is 5.58. The van der Waals surface area contributed by atoms with Crippen molar-refractivity contribution in [2.45, 2.75) is 24.2 Å². The van der Waals surface area contributed by atoms with Crippen molar-refractivity contribution in [3.63, 3.8) is 0 Å². The van der Waals surface area contributed by atoms with Crippen molar-refractivity contribution in [3.05, 3.63) is 90.0 Å². The number of hydrogen-bond acceptors (Lipinski definition) is 4. The number of carbonyl (C=O) groups excluding carboxylic acids is 1. The summed E-state index contributed by atoms with van der Waals surface area (Å²) >= 11 is 0. The average Bonchev–Trinajstić information content (AvgIpc) is 2.86. The molecule has 0 aromatic heterocycles. The molecule has 0 aliphatic carbocycles. The third-order valence-corrected chi connectivity index (χ3v) is 7.54. The molecule has 0 spiro atoms. The van der Waals surface area contributed by atoms with Crippen LogP contribution >= 0.6 is 0 Å². The fourth-order valence-electron chi connectivity index (χ4n) is 4.00. The molecule has 1 amide bonds. The zero-order chi connectivity index (χ0) is 23.3. The SMILES string of the molecule is CN(CCCOc1ccccc1)C(=O)c1cccc(S(=O)(=O)N2CCCc3ccccc32)c1. The Kier molecular flexibility index (Phi) is 6.99. The standard InChI is InChI=1S/C26H28N2O4S/c1-27(17-9-19-32-23-13-3-2-4-14-23)26(29)22-11-7-15-24(20-22)33(30,31)28-18-8-12-21-10-5-6-16-25(21)28/h2-7,10-11,13-16,20H,8-9,12,17-19H2,1H3. The van der Waals surface area contributed by atoms with Gasteiger partial charge < -0.3 is 9.64 Å². The highest BCUT2D eigenvalue weighted by atomic mass is 32.2. The number of carbonyl (C=O) groups is 1. The molecule has 4 rings (SSSR count). The van der Waals surface area contributed by atoms with Crippen molar-refractivity contribution in [1.29, 1.82) is 0 Å². The molecule has 0 atom stereocenters. The fraction of sp³-hybridized carbons (Fsp3) is 0.269. The smallest absolute Gasteiger partial charge is 0.264 e. The molecule has 172 valence electrons. The maximum atomic E-state index is 13.4. The molecule has 0 N–H and O–H groups in total. The number of amides is 1. The van der Waals surface area contributed by atoms with E-state index < -0.39 is 10.0 Å². The second-order valence-corrected chi connectivity index (χ2v) is 9.94. The van der Waals surface area contributed by atoms with Gasteiger partial charge in [-0.2, -0.15) is 0 Å². The van der Waals surface area contributed by atoms with Crippen molar-refractivity contribution in [2.75, 3.05) is 31.0 Å². The predicted octanol–water partition coefficient (Wildman–Crippen LogP) is 4.37. The summed E-state index contributed by atoms with van der Waals surface area (Å²) in [6.07, 6.45) is 2.29.